The first-order valence-corrected chi connectivity index (χ1v) is 8.53. The van der Waals surface area contributed by atoms with Gasteiger partial charge in [-0.3, -0.25) is 4.79 Å². The number of hydrogen-bond donors (Lipinski definition) is 1. The van der Waals surface area contributed by atoms with Gasteiger partial charge in [-0.1, -0.05) is 25.1 Å². The first kappa shape index (κ1) is 14.8. The summed E-state index contributed by atoms with van der Waals surface area (Å²) in [7, 11) is -3.04. The molecule has 1 atom stereocenters. The highest BCUT2D eigenvalue weighted by Crippen LogP contribution is 2.26. The van der Waals surface area contributed by atoms with E-state index in [4.69, 9.17) is 4.74 Å². The van der Waals surface area contributed by atoms with E-state index >= 15 is 0 Å². The fourth-order valence-electron chi connectivity index (χ4n) is 2.11. The van der Waals surface area contributed by atoms with Crippen LogP contribution in [-0.2, 0) is 21.1 Å². The van der Waals surface area contributed by atoms with Crippen LogP contribution < -0.4 is 10.1 Å². The third-order valence-electron chi connectivity index (χ3n) is 3.40. The number of carbonyl (C=O) groups is 1. The van der Waals surface area contributed by atoms with Gasteiger partial charge in [0.2, 0.25) is 5.91 Å². The maximum Gasteiger partial charge on any atom is 0.226 e. The van der Waals surface area contributed by atoms with Crippen molar-refractivity contribution in [1.82, 2.24) is 5.32 Å². The van der Waals surface area contributed by atoms with Gasteiger partial charge in [-0.05, 0) is 18.1 Å². The Hall–Kier alpha value is -1.56. The molecule has 20 heavy (non-hydrogen) atoms. The molecule has 0 saturated heterocycles. The molecule has 5 nitrogen and oxygen atoms in total. The van der Waals surface area contributed by atoms with Crippen molar-refractivity contribution in [1.29, 1.82) is 0 Å². The number of nitrogens with one attached hydrogen (secondary N) is 1. The Balaban J connectivity index is 1.86. The molecule has 6 heteroatoms. The summed E-state index contributed by atoms with van der Waals surface area (Å²) >= 11 is 0. The predicted octanol–water partition coefficient (Wildman–Crippen LogP) is 0.789. The van der Waals surface area contributed by atoms with E-state index in [0.717, 1.165) is 11.3 Å². The number of ether oxygens (including phenoxy) is 1. The minimum absolute atomic E-state index is 0.0145. The van der Waals surface area contributed by atoms with Gasteiger partial charge in [-0.15, -0.1) is 0 Å². The fourth-order valence-corrected chi connectivity index (χ4v) is 2.82. The smallest absolute Gasteiger partial charge is 0.226 e. The lowest BCUT2D eigenvalue weighted by Gasteiger charge is -2.24. The molecule has 0 aliphatic carbocycles. The second-order valence-corrected chi connectivity index (χ2v) is 7.32. The molecule has 1 aliphatic heterocycles. The Labute approximate surface area is 119 Å². The van der Waals surface area contributed by atoms with Crippen molar-refractivity contribution in [3.63, 3.8) is 0 Å². The first-order chi connectivity index (χ1) is 9.52. The molecule has 2 rings (SSSR count). The van der Waals surface area contributed by atoms with Gasteiger partial charge in [-0.25, -0.2) is 8.42 Å². The summed E-state index contributed by atoms with van der Waals surface area (Å²) in [5, 5.41) is 2.68. The summed E-state index contributed by atoms with van der Waals surface area (Å²) in [5.74, 6) is 0.507. The number of para-hydroxylation sites is 1. The van der Waals surface area contributed by atoms with Crippen molar-refractivity contribution in [2.45, 2.75) is 13.3 Å². The summed E-state index contributed by atoms with van der Waals surface area (Å²) in [4.78, 5) is 12.0. The van der Waals surface area contributed by atoms with Crippen molar-refractivity contribution >= 4 is 15.7 Å². The summed E-state index contributed by atoms with van der Waals surface area (Å²) in [6.45, 7) is 2.10. The van der Waals surface area contributed by atoms with E-state index in [1.165, 1.54) is 0 Å². The van der Waals surface area contributed by atoms with Gasteiger partial charge in [-0.2, -0.15) is 0 Å². The molecule has 1 N–H and O–H groups in total. The van der Waals surface area contributed by atoms with E-state index in [-0.39, 0.29) is 29.9 Å². The molecule has 0 radical (unpaired) electrons. The van der Waals surface area contributed by atoms with Gasteiger partial charge >= 0.3 is 0 Å². The van der Waals surface area contributed by atoms with Crippen LogP contribution in [0.4, 0.5) is 0 Å². The van der Waals surface area contributed by atoms with Crippen molar-refractivity contribution in [3.8, 4) is 5.75 Å². The molecule has 0 fully saturated rings. The zero-order valence-electron chi connectivity index (χ0n) is 11.5. The maximum absolute atomic E-state index is 12.0. The SMILES string of the molecule is CCS(=O)(=O)CCNC(=O)[C@H]1COc2ccccc2C1. The van der Waals surface area contributed by atoms with Gasteiger partial charge in [0, 0.05) is 12.3 Å². The standard InChI is InChI=1S/C14H19NO4S/c1-2-20(17,18)8-7-15-14(16)12-9-11-5-3-4-6-13(11)19-10-12/h3-6,12H,2,7-10H2,1H3,(H,15,16)/t12-/m1/s1. The Morgan fingerprint density at radius 2 is 2.15 bits per heavy atom. The Bertz CT molecular complexity index is 583. The molecule has 1 aliphatic rings. The van der Waals surface area contributed by atoms with Crippen LogP contribution >= 0.6 is 0 Å². The molecule has 1 aromatic carbocycles. The summed E-state index contributed by atoms with van der Waals surface area (Å²) < 4.78 is 28.2. The Kier molecular flexibility index (Phi) is 4.65. The highest BCUT2D eigenvalue weighted by Gasteiger charge is 2.25. The molecule has 1 heterocycles. The van der Waals surface area contributed by atoms with Gasteiger partial charge < -0.3 is 10.1 Å². The van der Waals surface area contributed by atoms with E-state index in [0.29, 0.717) is 13.0 Å². The molecule has 0 unspecified atom stereocenters. The van der Waals surface area contributed by atoms with Crippen LogP contribution in [0.25, 0.3) is 0 Å². The van der Waals surface area contributed by atoms with Gasteiger partial charge in [0.05, 0.1) is 11.7 Å². The molecule has 0 saturated carbocycles. The van der Waals surface area contributed by atoms with Crippen LogP contribution in [0.1, 0.15) is 12.5 Å². The number of carbonyl (C=O) groups excluding carboxylic acids is 1. The van der Waals surface area contributed by atoms with E-state index in [2.05, 4.69) is 5.32 Å². The molecular formula is C14H19NO4S. The third kappa shape index (κ3) is 3.72. The molecule has 0 aromatic heterocycles. The second-order valence-electron chi connectivity index (χ2n) is 4.85. The van der Waals surface area contributed by atoms with Gasteiger partial charge in [0.1, 0.15) is 12.4 Å². The largest absolute Gasteiger partial charge is 0.492 e. The van der Waals surface area contributed by atoms with Crippen molar-refractivity contribution in [3.05, 3.63) is 29.8 Å². The van der Waals surface area contributed by atoms with Crippen LogP contribution in [0.15, 0.2) is 24.3 Å². The van der Waals surface area contributed by atoms with Crippen molar-refractivity contribution in [2.24, 2.45) is 5.92 Å². The van der Waals surface area contributed by atoms with E-state index in [9.17, 15) is 13.2 Å². The quantitative estimate of drug-likeness (QED) is 0.872. The lowest BCUT2D eigenvalue weighted by molar-refractivity contribution is -0.126. The summed E-state index contributed by atoms with van der Waals surface area (Å²) in [5.41, 5.74) is 1.01. The average molecular weight is 297 g/mol. The number of fused-ring (bicyclic) bond motifs is 1. The Morgan fingerprint density at radius 3 is 2.90 bits per heavy atom. The van der Waals surface area contributed by atoms with Crippen molar-refractivity contribution < 1.29 is 17.9 Å². The van der Waals surface area contributed by atoms with Crippen LogP contribution in [0.3, 0.4) is 0 Å². The molecule has 110 valence electrons. The van der Waals surface area contributed by atoms with E-state index in [1.54, 1.807) is 6.92 Å². The van der Waals surface area contributed by atoms with Crippen LogP contribution in [0, 0.1) is 5.92 Å². The van der Waals surface area contributed by atoms with Crippen LogP contribution in [-0.4, -0.2) is 39.0 Å². The lowest BCUT2D eigenvalue weighted by Crippen LogP contribution is -2.39. The highest BCUT2D eigenvalue weighted by molar-refractivity contribution is 7.91. The molecule has 1 amide bonds. The van der Waals surface area contributed by atoms with Crippen LogP contribution in [0.5, 0.6) is 5.75 Å². The monoisotopic (exact) mass is 297 g/mol. The van der Waals surface area contributed by atoms with E-state index < -0.39 is 9.84 Å². The normalized spacial score (nSPS) is 17.9. The molecule has 1 aromatic rings. The maximum atomic E-state index is 12.0. The van der Waals surface area contributed by atoms with Crippen LogP contribution in [0.2, 0.25) is 0 Å². The number of benzene rings is 1. The molecular weight excluding hydrogens is 278 g/mol. The molecule has 0 spiro atoms. The number of amides is 1. The number of sulfone groups is 1. The van der Waals surface area contributed by atoms with Crippen molar-refractivity contribution in [2.75, 3.05) is 24.7 Å². The zero-order chi connectivity index (χ0) is 14.6. The first-order valence-electron chi connectivity index (χ1n) is 6.70. The average Bonchev–Trinajstić information content (AvgIpc) is 2.46. The Morgan fingerprint density at radius 1 is 1.40 bits per heavy atom. The summed E-state index contributed by atoms with van der Waals surface area (Å²) in [6, 6.07) is 7.64. The topological polar surface area (TPSA) is 72.5 Å². The van der Waals surface area contributed by atoms with E-state index in [1.807, 2.05) is 24.3 Å². The third-order valence-corrected chi connectivity index (χ3v) is 5.11. The highest BCUT2D eigenvalue weighted by atomic mass is 32.2. The zero-order valence-corrected chi connectivity index (χ0v) is 12.3. The predicted molar refractivity (Wildman–Crippen MR) is 76.5 cm³/mol. The molecule has 0 bridgehead atoms. The minimum Gasteiger partial charge on any atom is -0.492 e. The second kappa shape index (κ2) is 6.26. The van der Waals surface area contributed by atoms with Gasteiger partial charge in [0.25, 0.3) is 0 Å². The number of rotatable bonds is 5. The fraction of sp³-hybridized carbons (Fsp3) is 0.500. The lowest BCUT2D eigenvalue weighted by atomic mass is 9.96. The minimum atomic E-state index is -3.04. The van der Waals surface area contributed by atoms with Gasteiger partial charge in [0.15, 0.2) is 9.84 Å². The summed E-state index contributed by atoms with van der Waals surface area (Å²) in [6.07, 6.45) is 0.628. The number of hydrogen-bond acceptors (Lipinski definition) is 4.